The predicted octanol–water partition coefficient (Wildman–Crippen LogP) is 4.06. The molecule has 7 nitrogen and oxygen atoms in total. The number of rotatable bonds is 8. The van der Waals surface area contributed by atoms with E-state index in [9.17, 15) is 4.79 Å². The van der Waals surface area contributed by atoms with Crippen LogP contribution in [0.15, 0.2) is 85.6 Å². The number of hydrogen-bond acceptors (Lipinski definition) is 5. The first-order chi connectivity index (χ1) is 15.2. The number of pyridine rings is 1. The van der Waals surface area contributed by atoms with Crippen molar-refractivity contribution in [2.75, 3.05) is 6.61 Å². The molecule has 4 aromatic rings. The van der Waals surface area contributed by atoms with Crippen molar-refractivity contribution in [2.24, 2.45) is 0 Å². The van der Waals surface area contributed by atoms with Crippen molar-refractivity contribution in [1.82, 2.24) is 19.9 Å². The van der Waals surface area contributed by atoms with Gasteiger partial charge in [0.1, 0.15) is 29.4 Å². The van der Waals surface area contributed by atoms with E-state index >= 15 is 0 Å². The summed E-state index contributed by atoms with van der Waals surface area (Å²) >= 11 is 0. The van der Waals surface area contributed by atoms with Gasteiger partial charge in [0.15, 0.2) is 6.61 Å². The SMILES string of the molecule is Cc1ccc(Oc2ccc(OCC(=O)NCc3ccnc(-n4ccnc4)c3)cc2)cc1. The first kappa shape index (κ1) is 20.2. The average Bonchev–Trinajstić information content (AvgIpc) is 3.34. The lowest BCUT2D eigenvalue weighted by Gasteiger charge is -2.10. The van der Waals surface area contributed by atoms with Gasteiger partial charge in [0, 0.05) is 25.1 Å². The van der Waals surface area contributed by atoms with E-state index < -0.39 is 0 Å². The molecule has 1 amide bonds. The normalized spacial score (nSPS) is 10.5. The average molecular weight is 414 g/mol. The smallest absolute Gasteiger partial charge is 0.258 e. The van der Waals surface area contributed by atoms with Crippen molar-refractivity contribution in [1.29, 1.82) is 0 Å². The van der Waals surface area contributed by atoms with Crippen molar-refractivity contribution < 1.29 is 14.3 Å². The second-order valence-electron chi connectivity index (χ2n) is 6.94. The number of benzene rings is 2. The topological polar surface area (TPSA) is 78.3 Å². The van der Waals surface area contributed by atoms with Gasteiger partial charge in [-0.05, 0) is 61.0 Å². The number of carbonyl (C=O) groups is 1. The monoisotopic (exact) mass is 414 g/mol. The minimum atomic E-state index is -0.207. The van der Waals surface area contributed by atoms with Crippen LogP contribution in [0.25, 0.3) is 5.82 Å². The number of carbonyl (C=O) groups excluding carboxylic acids is 1. The van der Waals surface area contributed by atoms with Crippen LogP contribution in [0.1, 0.15) is 11.1 Å². The minimum absolute atomic E-state index is 0.0718. The zero-order valence-corrected chi connectivity index (χ0v) is 17.1. The summed E-state index contributed by atoms with van der Waals surface area (Å²) in [6.07, 6.45) is 6.88. The molecule has 0 bridgehead atoms. The van der Waals surface area contributed by atoms with Crippen LogP contribution in [0, 0.1) is 6.92 Å². The van der Waals surface area contributed by atoms with Gasteiger partial charge in [-0.2, -0.15) is 0 Å². The zero-order chi connectivity index (χ0) is 21.5. The van der Waals surface area contributed by atoms with E-state index in [1.165, 1.54) is 5.56 Å². The summed E-state index contributed by atoms with van der Waals surface area (Å²) in [5.41, 5.74) is 2.11. The number of aromatic nitrogens is 3. The molecule has 7 heteroatoms. The van der Waals surface area contributed by atoms with Gasteiger partial charge in [-0.15, -0.1) is 0 Å². The van der Waals surface area contributed by atoms with E-state index in [0.717, 1.165) is 17.1 Å². The Labute approximate surface area is 180 Å². The Balaban J connectivity index is 1.24. The predicted molar refractivity (Wildman–Crippen MR) is 116 cm³/mol. The van der Waals surface area contributed by atoms with Crippen LogP contribution >= 0.6 is 0 Å². The lowest BCUT2D eigenvalue weighted by molar-refractivity contribution is -0.123. The molecule has 0 unspecified atom stereocenters. The summed E-state index contributed by atoms with van der Waals surface area (Å²) in [7, 11) is 0. The van der Waals surface area contributed by atoms with Gasteiger partial charge >= 0.3 is 0 Å². The van der Waals surface area contributed by atoms with Crippen LogP contribution in [0.4, 0.5) is 0 Å². The van der Waals surface area contributed by atoms with Gasteiger partial charge < -0.3 is 14.8 Å². The zero-order valence-electron chi connectivity index (χ0n) is 17.1. The fraction of sp³-hybridized carbons (Fsp3) is 0.125. The van der Waals surface area contributed by atoms with Crippen molar-refractivity contribution >= 4 is 5.91 Å². The Morgan fingerprint density at radius 2 is 1.68 bits per heavy atom. The van der Waals surface area contributed by atoms with Crippen molar-refractivity contribution in [3.63, 3.8) is 0 Å². The highest BCUT2D eigenvalue weighted by Gasteiger charge is 2.05. The number of ether oxygens (including phenoxy) is 2. The number of nitrogens with zero attached hydrogens (tertiary/aromatic N) is 3. The second-order valence-corrected chi connectivity index (χ2v) is 6.94. The van der Waals surface area contributed by atoms with Crippen LogP contribution in [0.2, 0.25) is 0 Å². The first-order valence-corrected chi connectivity index (χ1v) is 9.83. The fourth-order valence-corrected chi connectivity index (χ4v) is 2.85. The molecule has 0 atom stereocenters. The highest BCUT2D eigenvalue weighted by atomic mass is 16.5. The molecule has 4 rings (SSSR count). The van der Waals surface area contributed by atoms with Crippen molar-refractivity contribution in [3.8, 4) is 23.1 Å². The summed E-state index contributed by atoms with van der Waals surface area (Å²) in [4.78, 5) is 20.5. The Hall–Kier alpha value is -4.13. The van der Waals surface area contributed by atoms with Gasteiger partial charge in [-0.25, -0.2) is 9.97 Å². The number of imidazole rings is 1. The van der Waals surface area contributed by atoms with E-state index in [-0.39, 0.29) is 12.5 Å². The Kier molecular flexibility index (Phi) is 6.23. The molecule has 2 heterocycles. The van der Waals surface area contributed by atoms with Crippen LogP contribution in [-0.2, 0) is 11.3 Å². The molecule has 0 saturated heterocycles. The minimum Gasteiger partial charge on any atom is -0.484 e. The number of hydrogen-bond donors (Lipinski definition) is 1. The molecule has 31 heavy (non-hydrogen) atoms. The summed E-state index contributed by atoms with van der Waals surface area (Å²) < 4.78 is 13.2. The lowest BCUT2D eigenvalue weighted by atomic mass is 10.2. The number of amides is 1. The van der Waals surface area contributed by atoms with Crippen molar-refractivity contribution in [3.05, 3.63) is 96.7 Å². The van der Waals surface area contributed by atoms with E-state index in [1.807, 2.05) is 61.7 Å². The molecule has 2 aromatic carbocycles. The van der Waals surface area contributed by atoms with Crippen LogP contribution < -0.4 is 14.8 Å². The van der Waals surface area contributed by atoms with Gasteiger partial charge in [-0.3, -0.25) is 9.36 Å². The molecule has 0 saturated carbocycles. The maximum Gasteiger partial charge on any atom is 0.258 e. The molecule has 156 valence electrons. The lowest BCUT2D eigenvalue weighted by Crippen LogP contribution is -2.28. The summed E-state index contributed by atoms with van der Waals surface area (Å²) in [6.45, 7) is 2.34. The largest absolute Gasteiger partial charge is 0.484 e. The third kappa shape index (κ3) is 5.70. The molecule has 0 radical (unpaired) electrons. The second kappa shape index (κ2) is 9.58. The van der Waals surface area contributed by atoms with Gasteiger partial charge in [0.05, 0.1) is 0 Å². The van der Waals surface area contributed by atoms with Crippen molar-refractivity contribution in [2.45, 2.75) is 13.5 Å². The molecule has 0 aliphatic carbocycles. The van der Waals surface area contributed by atoms with E-state index in [1.54, 1.807) is 35.4 Å². The third-order valence-electron chi connectivity index (χ3n) is 4.52. The van der Waals surface area contributed by atoms with Gasteiger partial charge in [0.25, 0.3) is 5.91 Å². The standard InChI is InChI=1S/C24H22N4O3/c1-18-2-4-21(5-3-18)31-22-8-6-20(7-9-22)30-16-24(29)27-15-19-10-11-26-23(14-19)28-13-12-25-17-28/h2-14,17H,15-16H2,1H3,(H,27,29). The Morgan fingerprint density at radius 1 is 0.968 bits per heavy atom. The summed E-state index contributed by atoms with van der Waals surface area (Å²) in [5.74, 6) is 2.60. The molecular formula is C24H22N4O3. The molecule has 0 fully saturated rings. The third-order valence-corrected chi connectivity index (χ3v) is 4.52. The highest BCUT2D eigenvalue weighted by Crippen LogP contribution is 2.24. The number of nitrogens with one attached hydrogen (secondary N) is 1. The highest BCUT2D eigenvalue weighted by molar-refractivity contribution is 5.77. The maximum absolute atomic E-state index is 12.1. The van der Waals surface area contributed by atoms with Crippen LogP contribution in [-0.4, -0.2) is 27.0 Å². The summed E-state index contributed by atoms with van der Waals surface area (Å²) in [5, 5.41) is 2.85. The maximum atomic E-state index is 12.1. The summed E-state index contributed by atoms with van der Waals surface area (Å²) in [6, 6.07) is 18.8. The molecule has 0 aliphatic rings. The fourth-order valence-electron chi connectivity index (χ4n) is 2.85. The van der Waals surface area contributed by atoms with E-state index in [0.29, 0.717) is 18.0 Å². The Bertz CT molecular complexity index is 1120. The van der Waals surface area contributed by atoms with E-state index in [4.69, 9.17) is 9.47 Å². The van der Waals surface area contributed by atoms with E-state index in [2.05, 4.69) is 15.3 Å². The molecule has 1 N–H and O–H groups in total. The van der Waals surface area contributed by atoms with Gasteiger partial charge in [-0.1, -0.05) is 17.7 Å². The molecule has 0 spiro atoms. The number of aryl methyl sites for hydroxylation is 1. The Morgan fingerprint density at radius 3 is 2.39 bits per heavy atom. The quantitative estimate of drug-likeness (QED) is 0.470. The molecule has 2 aromatic heterocycles. The molecular weight excluding hydrogens is 392 g/mol. The first-order valence-electron chi connectivity index (χ1n) is 9.83. The van der Waals surface area contributed by atoms with Gasteiger partial charge in [0.2, 0.25) is 0 Å². The van der Waals surface area contributed by atoms with Crippen LogP contribution in [0.3, 0.4) is 0 Å². The van der Waals surface area contributed by atoms with Crippen LogP contribution in [0.5, 0.6) is 17.2 Å². The molecule has 0 aliphatic heterocycles.